The van der Waals surface area contributed by atoms with Crippen LogP contribution in [0, 0.1) is 0 Å². The molecule has 1 heterocycles. The van der Waals surface area contributed by atoms with Crippen molar-refractivity contribution in [3.8, 4) is 0 Å². The van der Waals surface area contributed by atoms with Gasteiger partial charge in [0.05, 0.1) is 19.7 Å². The molecule has 0 fully saturated rings. The summed E-state index contributed by atoms with van der Waals surface area (Å²) in [6.07, 6.45) is 0.321. The summed E-state index contributed by atoms with van der Waals surface area (Å²) in [7, 11) is 1.29. The number of esters is 1. The van der Waals surface area contributed by atoms with E-state index in [0.29, 0.717) is 12.1 Å². The molecular weight excluding hydrogens is 176 g/mol. The summed E-state index contributed by atoms with van der Waals surface area (Å²) in [4.78, 5) is 14.8. The van der Waals surface area contributed by atoms with Gasteiger partial charge in [0, 0.05) is 11.8 Å². The lowest BCUT2D eigenvalue weighted by Gasteiger charge is -2.05. The van der Waals surface area contributed by atoms with Crippen molar-refractivity contribution in [3.05, 3.63) is 16.6 Å². The minimum Gasteiger partial charge on any atom is -0.468 e. The lowest BCUT2D eigenvalue weighted by atomic mass is 10.2. The van der Waals surface area contributed by atoms with Gasteiger partial charge in [0.25, 0.3) is 0 Å². The van der Waals surface area contributed by atoms with E-state index in [1.165, 1.54) is 18.4 Å². The van der Waals surface area contributed by atoms with Crippen molar-refractivity contribution in [2.24, 2.45) is 5.73 Å². The average molecular weight is 187 g/mol. The van der Waals surface area contributed by atoms with Crippen LogP contribution in [0.1, 0.15) is 7.06 Å². The maximum atomic E-state index is 10.9. The van der Waals surface area contributed by atoms with E-state index in [2.05, 4.69) is 9.72 Å². The van der Waals surface area contributed by atoms with Gasteiger partial charge >= 0.3 is 5.97 Å². The van der Waals surface area contributed by atoms with Gasteiger partial charge in [-0.3, -0.25) is 4.79 Å². The molecule has 1 atom stereocenters. The fourth-order valence-corrected chi connectivity index (χ4v) is 1.27. The summed E-state index contributed by atoms with van der Waals surface area (Å²) < 4.78 is 11.6. The van der Waals surface area contributed by atoms with E-state index in [1.54, 1.807) is 5.38 Å². The minimum atomic E-state index is -0.688. The van der Waals surface area contributed by atoms with E-state index in [4.69, 9.17) is 7.10 Å². The standard InChI is InChI=1S/C7H10N2O2S/c1-11-7(10)6(8)2-5-3-12-4-9-5/h3-4,6H,2,8H2,1H3/t6-/m0/s1/i4D. The normalized spacial score (nSPS) is 13.7. The van der Waals surface area contributed by atoms with Gasteiger partial charge in [-0.05, 0) is 0 Å². The Bertz CT molecular complexity index is 302. The van der Waals surface area contributed by atoms with Crippen LogP contribution < -0.4 is 5.73 Å². The zero-order valence-corrected chi connectivity index (χ0v) is 7.43. The van der Waals surface area contributed by atoms with Crippen molar-refractivity contribution in [3.63, 3.8) is 0 Å². The molecule has 0 spiro atoms. The van der Waals surface area contributed by atoms with Crippen molar-refractivity contribution in [1.82, 2.24) is 4.98 Å². The van der Waals surface area contributed by atoms with Crippen LogP contribution in [-0.4, -0.2) is 24.1 Å². The highest BCUT2D eigenvalue weighted by Gasteiger charge is 2.14. The Hall–Kier alpha value is -0.940. The first kappa shape index (κ1) is 7.70. The number of hydrogen-bond donors (Lipinski definition) is 1. The van der Waals surface area contributed by atoms with Gasteiger partial charge in [0.2, 0.25) is 0 Å². The second-order valence-corrected chi connectivity index (χ2v) is 2.92. The van der Waals surface area contributed by atoms with Crippen molar-refractivity contribution in [1.29, 1.82) is 0 Å². The number of ether oxygens (including phenoxy) is 1. The van der Waals surface area contributed by atoms with Crippen LogP contribution in [0.5, 0.6) is 0 Å². The van der Waals surface area contributed by atoms with Crippen molar-refractivity contribution in [2.75, 3.05) is 7.11 Å². The maximum Gasteiger partial charge on any atom is 0.323 e. The van der Waals surface area contributed by atoms with Crippen molar-refractivity contribution >= 4 is 17.3 Å². The molecule has 0 saturated carbocycles. The number of carbonyl (C=O) groups excluding carboxylic acids is 1. The summed E-state index contributed by atoms with van der Waals surface area (Å²) in [5.41, 5.74) is 6.39. The first-order chi connectivity index (χ1) is 6.13. The third kappa shape index (κ3) is 2.28. The van der Waals surface area contributed by atoms with E-state index >= 15 is 0 Å². The molecule has 2 N–H and O–H groups in total. The van der Waals surface area contributed by atoms with Crippen LogP contribution >= 0.6 is 11.3 Å². The minimum absolute atomic E-state index is 0.229. The van der Waals surface area contributed by atoms with E-state index in [0.717, 1.165) is 0 Å². The largest absolute Gasteiger partial charge is 0.468 e. The molecule has 0 unspecified atom stereocenters. The molecule has 66 valence electrons. The molecule has 0 aromatic carbocycles. The fourth-order valence-electron chi connectivity index (χ4n) is 0.759. The van der Waals surface area contributed by atoms with E-state index < -0.39 is 12.0 Å². The van der Waals surface area contributed by atoms with E-state index in [1.807, 2.05) is 0 Å². The monoisotopic (exact) mass is 187 g/mol. The van der Waals surface area contributed by atoms with Crippen LogP contribution in [0.2, 0.25) is 0 Å². The quantitative estimate of drug-likeness (QED) is 0.686. The first-order valence-electron chi connectivity index (χ1n) is 3.88. The van der Waals surface area contributed by atoms with Crippen LogP contribution in [0.25, 0.3) is 0 Å². The summed E-state index contributed by atoms with van der Waals surface area (Å²) in [5, 5.41) is 1.71. The molecule has 5 heteroatoms. The number of nitrogens with zero attached hydrogens (tertiary/aromatic N) is 1. The van der Waals surface area contributed by atoms with Gasteiger partial charge < -0.3 is 10.5 Å². The maximum absolute atomic E-state index is 10.9. The number of thiazole rings is 1. The summed E-state index contributed by atoms with van der Waals surface area (Å²) in [6, 6.07) is -0.688. The molecule has 0 aliphatic heterocycles. The van der Waals surface area contributed by atoms with Crippen LogP contribution in [-0.2, 0) is 16.0 Å². The molecular formula is C7H10N2O2S. The first-order valence-corrected chi connectivity index (χ1v) is 4.26. The highest BCUT2D eigenvalue weighted by Crippen LogP contribution is 2.03. The van der Waals surface area contributed by atoms with Crippen molar-refractivity contribution in [2.45, 2.75) is 12.5 Å². The third-order valence-corrected chi connectivity index (χ3v) is 1.96. The van der Waals surface area contributed by atoms with E-state index in [9.17, 15) is 4.79 Å². The Kier molecular flexibility index (Phi) is 2.68. The zero-order chi connectivity index (χ0) is 9.84. The zero-order valence-electron chi connectivity index (χ0n) is 7.61. The number of rotatable bonds is 3. The molecule has 1 aromatic rings. The predicted octanol–water partition coefficient (Wildman–Crippen LogP) is 0.186. The molecule has 0 amide bonds. The molecule has 1 aromatic heterocycles. The Balaban J connectivity index is 2.54. The number of aromatic nitrogens is 1. The number of methoxy groups -OCH3 is 1. The molecule has 4 nitrogen and oxygen atoms in total. The molecule has 12 heavy (non-hydrogen) atoms. The third-order valence-electron chi connectivity index (χ3n) is 1.37. The van der Waals surface area contributed by atoms with Crippen LogP contribution in [0.15, 0.2) is 10.9 Å². The Labute approximate surface area is 75.8 Å². The number of hydrogen-bond acceptors (Lipinski definition) is 5. The molecule has 0 radical (unpaired) electrons. The van der Waals surface area contributed by atoms with Crippen LogP contribution in [0.4, 0.5) is 0 Å². The van der Waals surface area contributed by atoms with Crippen LogP contribution in [0.3, 0.4) is 0 Å². The average Bonchev–Trinajstić information content (AvgIpc) is 2.49. The highest BCUT2D eigenvalue weighted by molar-refractivity contribution is 7.07. The Morgan fingerprint density at radius 2 is 2.83 bits per heavy atom. The lowest BCUT2D eigenvalue weighted by molar-refractivity contribution is -0.142. The van der Waals surface area contributed by atoms with Crippen molar-refractivity contribution < 1.29 is 10.9 Å². The molecule has 1 rings (SSSR count). The second-order valence-electron chi connectivity index (χ2n) is 2.26. The van der Waals surface area contributed by atoms with E-state index in [-0.39, 0.29) is 5.49 Å². The Morgan fingerprint density at radius 1 is 2.08 bits per heavy atom. The number of carbonyl (C=O) groups is 1. The SMILES string of the molecule is [2H]c1nc(C[C@H](N)C(=O)OC)cs1. The molecule has 0 saturated heterocycles. The summed E-state index contributed by atoms with van der Waals surface area (Å²) in [5.74, 6) is -0.459. The van der Waals surface area contributed by atoms with Gasteiger partial charge in [0.15, 0.2) is 0 Å². The van der Waals surface area contributed by atoms with Gasteiger partial charge in [0.1, 0.15) is 6.04 Å². The predicted molar refractivity (Wildman–Crippen MR) is 45.8 cm³/mol. The molecule has 0 bridgehead atoms. The van der Waals surface area contributed by atoms with Gasteiger partial charge in [-0.25, -0.2) is 4.98 Å². The molecule has 0 aliphatic carbocycles. The highest BCUT2D eigenvalue weighted by atomic mass is 32.1. The smallest absolute Gasteiger partial charge is 0.323 e. The summed E-state index contributed by atoms with van der Waals surface area (Å²) in [6.45, 7) is 0. The summed E-state index contributed by atoms with van der Waals surface area (Å²) >= 11 is 1.21. The van der Waals surface area contributed by atoms with Gasteiger partial charge in [-0.2, -0.15) is 0 Å². The van der Waals surface area contributed by atoms with Gasteiger partial charge in [-0.1, -0.05) is 0 Å². The lowest BCUT2D eigenvalue weighted by Crippen LogP contribution is -2.33. The Morgan fingerprint density at radius 3 is 3.33 bits per heavy atom. The second kappa shape index (κ2) is 4.18. The van der Waals surface area contributed by atoms with Gasteiger partial charge in [-0.15, -0.1) is 11.3 Å². The fraction of sp³-hybridized carbons (Fsp3) is 0.429. The molecule has 0 aliphatic rings. The number of nitrogens with two attached hydrogens (primary N) is 1. The topological polar surface area (TPSA) is 65.2 Å².